The third kappa shape index (κ3) is 2.61. The molecule has 0 fully saturated rings. The van der Waals surface area contributed by atoms with Crippen LogP contribution in [0.15, 0.2) is 16.0 Å². The van der Waals surface area contributed by atoms with Crippen molar-refractivity contribution in [2.75, 3.05) is 7.05 Å². The van der Waals surface area contributed by atoms with E-state index in [0.717, 1.165) is 14.0 Å². The monoisotopic (exact) mass is 285 g/mol. The number of hydroxylamine groups is 1. The molecule has 0 amide bonds. The van der Waals surface area contributed by atoms with Crippen LogP contribution in [0.1, 0.15) is 6.92 Å². The molecule has 0 bridgehead atoms. The van der Waals surface area contributed by atoms with Gasteiger partial charge in [-0.05, 0) is 10.6 Å². The van der Waals surface area contributed by atoms with Gasteiger partial charge in [-0.3, -0.25) is 0 Å². The molecule has 11 heteroatoms. The molecule has 100 valence electrons. The summed E-state index contributed by atoms with van der Waals surface area (Å²) >= 11 is 5.50. The van der Waals surface area contributed by atoms with Crippen LogP contribution in [0.25, 0.3) is 10.4 Å². The maximum Gasteiger partial charge on any atom is 0.410 e. The van der Waals surface area contributed by atoms with Crippen LogP contribution in [0.2, 0.25) is 0 Å². The molecule has 0 aromatic rings. The van der Waals surface area contributed by atoms with E-state index < -0.39 is 29.0 Å². The maximum atomic E-state index is 12.7. The Kier molecular flexibility index (Phi) is 3.95. The number of likely N-dealkylation sites (N-methyl/N-ethyl adjacent to an activating group) is 1. The van der Waals surface area contributed by atoms with Gasteiger partial charge in [-0.1, -0.05) is 11.6 Å². The molecule has 18 heavy (non-hydrogen) atoms. The highest BCUT2D eigenvalue weighted by Gasteiger charge is 2.53. The highest BCUT2D eigenvalue weighted by Crippen LogP contribution is 2.40. The maximum absolute atomic E-state index is 12.7. The SMILES string of the molecule is CC(=O)ON1C(N=[N+]=[N-])=C(Cl)C(C(F)(F)F)N1C. The van der Waals surface area contributed by atoms with E-state index in [4.69, 9.17) is 17.1 Å². The molecule has 1 rings (SSSR count). The third-order valence-corrected chi connectivity index (χ3v) is 2.34. The molecular weight excluding hydrogens is 279 g/mol. The summed E-state index contributed by atoms with van der Waals surface area (Å²) in [5.74, 6) is -1.51. The van der Waals surface area contributed by atoms with E-state index in [1.807, 2.05) is 0 Å². The topological polar surface area (TPSA) is 81.5 Å². The average Bonchev–Trinajstić information content (AvgIpc) is 2.41. The fourth-order valence-corrected chi connectivity index (χ4v) is 1.72. The van der Waals surface area contributed by atoms with Gasteiger partial charge in [-0.2, -0.15) is 18.2 Å². The van der Waals surface area contributed by atoms with Crippen LogP contribution in [0, 0.1) is 0 Å². The molecule has 1 heterocycles. The summed E-state index contributed by atoms with van der Waals surface area (Å²) < 4.78 is 38.2. The Balaban J connectivity index is 3.22. The van der Waals surface area contributed by atoms with Gasteiger partial charge in [0, 0.05) is 18.9 Å². The average molecular weight is 286 g/mol. The van der Waals surface area contributed by atoms with Crippen LogP contribution >= 0.6 is 11.6 Å². The molecule has 1 atom stereocenters. The van der Waals surface area contributed by atoms with Crippen molar-refractivity contribution in [2.24, 2.45) is 5.11 Å². The summed E-state index contributed by atoms with van der Waals surface area (Å²) in [5.41, 5.74) is 8.27. The fourth-order valence-electron chi connectivity index (χ4n) is 1.35. The van der Waals surface area contributed by atoms with Crippen LogP contribution in [0.5, 0.6) is 0 Å². The molecule has 0 aliphatic carbocycles. The molecule has 0 saturated heterocycles. The Morgan fingerprint density at radius 3 is 2.56 bits per heavy atom. The zero-order valence-electron chi connectivity index (χ0n) is 9.14. The summed E-state index contributed by atoms with van der Waals surface area (Å²) in [4.78, 5) is 17.6. The van der Waals surface area contributed by atoms with Gasteiger partial charge in [0.1, 0.15) is 0 Å². The Labute approximate surface area is 104 Å². The van der Waals surface area contributed by atoms with Gasteiger partial charge < -0.3 is 4.84 Å². The predicted molar refractivity (Wildman–Crippen MR) is 53.2 cm³/mol. The number of carbonyl (C=O) groups is 1. The van der Waals surface area contributed by atoms with Gasteiger partial charge in [0.2, 0.25) is 0 Å². The van der Waals surface area contributed by atoms with E-state index >= 15 is 0 Å². The van der Waals surface area contributed by atoms with Gasteiger partial charge >= 0.3 is 12.1 Å². The lowest BCUT2D eigenvalue weighted by atomic mass is 10.3. The zero-order chi connectivity index (χ0) is 14.1. The molecule has 7 nitrogen and oxygen atoms in total. The van der Waals surface area contributed by atoms with Crippen molar-refractivity contribution in [3.63, 3.8) is 0 Å². The second-order valence-electron chi connectivity index (χ2n) is 3.23. The van der Waals surface area contributed by atoms with Crippen molar-refractivity contribution >= 4 is 17.6 Å². The molecule has 1 unspecified atom stereocenters. The summed E-state index contributed by atoms with van der Waals surface area (Å²) in [6.07, 6.45) is -4.71. The number of hydrazine groups is 1. The van der Waals surface area contributed by atoms with Gasteiger partial charge in [0.05, 0.1) is 5.03 Å². The minimum Gasteiger partial charge on any atom is -0.325 e. The largest absolute Gasteiger partial charge is 0.410 e. The number of nitrogens with zero attached hydrogens (tertiary/aromatic N) is 5. The first-order valence-electron chi connectivity index (χ1n) is 4.43. The van der Waals surface area contributed by atoms with Gasteiger partial charge in [0.25, 0.3) is 0 Å². The second-order valence-corrected chi connectivity index (χ2v) is 3.64. The molecule has 0 N–H and O–H groups in total. The van der Waals surface area contributed by atoms with E-state index in [-0.39, 0.29) is 0 Å². The van der Waals surface area contributed by atoms with E-state index in [9.17, 15) is 18.0 Å². The Bertz CT molecular complexity index is 445. The van der Waals surface area contributed by atoms with Crippen molar-refractivity contribution in [3.05, 3.63) is 21.3 Å². The van der Waals surface area contributed by atoms with E-state index in [1.54, 1.807) is 0 Å². The first-order valence-corrected chi connectivity index (χ1v) is 4.80. The summed E-state index contributed by atoms with van der Waals surface area (Å²) in [6, 6.07) is -2.24. The van der Waals surface area contributed by atoms with Crippen LogP contribution in [-0.2, 0) is 9.63 Å². The highest BCUT2D eigenvalue weighted by molar-refractivity contribution is 6.30. The smallest absolute Gasteiger partial charge is 0.325 e. The Morgan fingerprint density at radius 1 is 1.61 bits per heavy atom. The number of hydrogen-bond donors (Lipinski definition) is 0. The molecule has 0 aromatic carbocycles. The summed E-state index contributed by atoms with van der Waals surface area (Å²) in [6.45, 7) is 0.983. The van der Waals surface area contributed by atoms with Crippen molar-refractivity contribution in [1.29, 1.82) is 0 Å². The van der Waals surface area contributed by atoms with Crippen LogP contribution in [0.3, 0.4) is 0 Å². The molecule has 1 aliphatic heterocycles. The zero-order valence-corrected chi connectivity index (χ0v) is 9.90. The number of hydrogen-bond acceptors (Lipinski definition) is 5. The van der Waals surface area contributed by atoms with Crippen LogP contribution in [-0.4, -0.2) is 35.4 Å². The lowest BCUT2D eigenvalue weighted by molar-refractivity contribution is -0.270. The third-order valence-electron chi connectivity index (χ3n) is 1.96. The number of carbonyl (C=O) groups excluding carboxylic acids is 1. The standard InChI is InChI=1S/C7H7ClF3N5O2/c1-3(17)18-16-6(13-14-12)4(8)5(15(16)2)7(9,10)11/h5H,1-2H3. The number of alkyl halides is 3. The number of azide groups is 1. The number of halogens is 4. The quantitative estimate of drug-likeness (QED) is 0.443. The van der Waals surface area contributed by atoms with E-state index in [2.05, 4.69) is 14.9 Å². The first-order chi connectivity index (χ1) is 8.20. The normalized spacial score (nSPS) is 21.0. The van der Waals surface area contributed by atoms with Crippen molar-refractivity contribution in [1.82, 2.24) is 10.2 Å². The Hall–Kier alpha value is -1.64. The molecule has 0 saturated carbocycles. The minimum atomic E-state index is -4.71. The van der Waals surface area contributed by atoms with Crippen LogP contribution in [0.4, 0.5) is 13.2 Å². The Morgan fingerprint density at radius 2 is 2.17 bits per heavy atom. The molecular formula is C7H7ClF3N5O2. The minimum absolute atomic E-state index is 0.405. The first kappa shape index (κ1) is 14.4. The lowest BCUT2D eigenvalue weighted by Crippen LogP contribution is -2.47. The van der Waals surface area contributed by atoms with E-state index in [0.29, 0.717) is 10.2 Å². The molecule has 0 spiro atoms. The highest BCUT2D eigenvalue weighted by atomic mass is 35.5. The van der Waals surface area contributed by atoms with Gasteiger partial charge in [-0.25, -0.2) is 4.79 Å². The lowest BCUT2D eigenvalue weighted by Gasteiger charge is -2.29. The van der Waals surface area contributed by atoms with Crippen molar-refractivity contribution < 1.29 is 22.8 Å². The van der Waals surface area contributed by atoms with Gasteiger partial charge in [0.15, 0.2) is 11.9 Å². The summed E-state index contributed by atoms with van der Waals surface area (Å²) in [5, 5.41) is 3.13. The molecule has 0 radical (unpaired) electrons. The summed E-state index contributed by atoms with van der Waals surface area (Å²) in [7, 11) is 0.989. The van der Waals surface area contributed by atoms with Crippen molar-refractivity contribution in [3.8, 4) is 0 Å². The van der Waals surface area contributed by atoms with Crippen molar-refractivity contribution in [2.45, 2.75) is 19.1 Å². The fraction of sp³-hybridized carbons (Fsp3) is 0.571. The number of rotatable bonds is 2. The van der Waals surface area contributed by atoms with Crippen LogP contribution < -0.4 is 0 Å². The van der Waals surface area contributed by atoms with E-state index in [1.165, 1.54) is 0 Å². The molecule has 0 aromatic heterocycles. The second kappa shape index (κ2) is 4.92. The van der Waals surface area contributed by atoms with Gasteiger partial charge in [-0.15, -0.1) is 5.17 Å². The molecule has 1 aliphatic rings. The predicted octanol–water partition coefficient (Wildman–Crippen LogP) is 2.28.